The number of hydrogen-bond acceptors (Lipinski definition) is 9. The molecule has 1 saturated heterocycles. The van der Waals surface area contributed by atoms with Crippen LogP contribution in [0.25, 0.3) is 5.82 Å². The van der Waals surface area contributed by atoms with Gasteiger partial charge in [0.25, 0.3) is 15.9 Å². The van der Waals surface area contributed by atoms with Crippen molar-refractivity contribution in [2.45, 2.75) is 69.1 Å². The minimum Gasteiger partial charge on any atom is -0.477 e. The number of carbonyl (C=O) groups excluding carboxylic acids is 1. The molecule has 15 heteroatoms. The van der Waals surface area contributed by atoms with Gasteiger partial charge >= 0.3 is 6.18 Å². The third kappa shape index (κ3) is 5.93. The summed E-state index contributed by atoms with van der Waals surface area (Å²) in [4.78, 5) is 24.5. The van der Waals surface area contributed by atoms with Crippen molar-refractivity contribution in [3.8, 4) is 11.7 Å². The highest BCUT2D eigenvalue weighted by atomic mass is 32.2. The molecule has 2 N–H and O–H groups in total. The number of hydrogen-bond donors (Lipinski definition) is 2. The van der Waals surface area contributed by atoms with Crippen LogP contribution in [0.1, 0.15) is 62.7 Å². The molecule has 4 bridgehead atoms. The van der Waals surface area contributed by atoms with Crippen LogP contribution in [0, 0.1) is 11.3 Å². The first-order valence-corrected chi connectivity index (χ1v) is 16.1. The van der Waals surface area contributed by atoms with Crippen molar-refractivity contribution in [1.29, 1.82) is 0 Å². The van der Waals surface area contributed by atoms with Gasteiger partial charge in [-0.05, 0) is 82.6 Å². The Morgan fingerprint density at radius 3 is 2.66 bits per heavy atom. The third-order valence-corrected chi connectivity index (χ3v) is 9.96. The number of nitrogens with one attached hydrogen (secondary N) is 2. The largest absolute Gasteiger partial charge is 0.477 e. The molecule has 1 amide bonds. The molecular formula is C29H34F3N7O4S. The molecular weight excluding hydrogens is 599 g/mol. The summed E-state index contributed by atoms with van der Waals surface area (Å²) in [6.07, 6.45) is -0.0243. The first-order chi connectivity index (χ1) is 20.8. The van der Waals surface area contributed by atoms with Gasteiger partial charge in [-0.2, -0.15) is 21.6 Å². The summed E-state index contributed by atoms with van der Waals surface area (Å²) < 4.78 is 75.2. The van der Waals surface area contributed by atoms with Gasteiger partial charge in [0.05, 0.1) is 17.6 Å². The summed E-state index contributed by atoms with van der Waals surface area (Å²) in [5.74, 6) is 0.643. The van der Waals surface area contributed by atoms with E-state index < -0.39 is 33.1 Å². The second kappa shape index (κ2) is 10.9. The SMILES string of the molecule is CC1(C)C[C@H]2CCCNc3cccc(n3)S(=O)(=O)NC(=O)c3ccc(-n4ccc(OCCC5(C(F)(F)F)CC5)n4)nc3N1C2. The van der Waals surface area contributed by atoms with Crippen molar-refractivity contribution in [2.24, 2.45) is 11.3 Å². The van der Waals surface area contributed by atoms with Crippen molar-refractivity contribution < 1.29 is 31.1 Å². The van der Waals surface area contributed by atoms with Gasteiger partial charge in [0, 0.05) is 30.9 Å². The van der Waals surface area contributed by atoms with Crippen molar-refractivity contribution in [3.05, 3.63) is 48.2 Å². The van der Waals surface area contributed by atoms with Crippen LogP contribution in [0.15, 0.2) is 47.6 Å². The van der Waals surface area contributed by atoms with E-state index in [4.69, 9.17) is 9.72 Å². The van der Waals surface area contributed by atoms with Crippen LogP contribution in [-0.2, 0) is 10.0 Å². The molecule has 2 aliphatic heterocycles. The van der Waals surface area contributed by atoms with Gasteiger partial charge in [-0.3, -0.25) is 4.79 Å². The number of sulfonamides is 1. The standard InChI is InChI=1S/C29H34F3N7O4S/c1-27(2)17-19-5-4-14-33-21-6-3-7-24(34-21)44(41,42)37-26(40)20-8-9-22(35-25(20)38(27)18-19)39-15-10-23(36-39)43-16-13-28(11-12-28)29(30,31)32/h3,6-10,15,19H,4-5,11-14,16-18H2,1-2H3,(H,33,34)(H,37,40)/t19-/m1/s1. The number of nitrogens with zero attached hydrogens (tertiary/aromatic N) is 5. The highest BCUT2D eigenvalue weighted by molar-refractivity contribution is 7.90. The van der Waals surface area contributed by atoms with E-state index in [0.29, 0.717) is 36.5 Å². The molecule has 6 rings (SSSR count). The monoisotopic (exact) mass is 633 g/mol. The van der Waals surface area contributed by atoms with Gasteiger partial charge in [-0.15, -0.1) is 5.10 Å². The number of pyridine rings is 2. The zero-order chi connectivity index (χ0) is 31.3. The molecule has 1 aliphatic carbocycles. The molecule has 236 valence electrons. The summed E-state index contributed by atoms with van der Waals surface area (Å²) in [6, 6.07) is 9.12. The maximum atomic E-state index is 13.5. The molecule has 3 aliphatic rings. The maximum Gasteiger partial charge on any atom is 0.394 e. The number of rotatable bonds is 5. The Labute approximate surface area is 253 Å². The van der Waals surface area contributed by atoms with Gasteiger partial charge < -0.3 is 15.0 Å². The molecule has 1 atom stereocenters. The van der Waals surface area contributed by atoms with E-state index in [0.717, 1.165) is 19.3 Å². The normalized spacial score (nSPS) is 22.2. The van der Waals surface area contributed by atoms with E-state index in [1.807, 2.05) is 4.90 Å². The zero-order valence-corrected chi connectivity index (χ0v) is 25.2. The summed E-state index contributed by atoms with van der Waals surface area (Å²) in [5, 5.41) is 7.23. The lowest BCUT2D eigenvalue weighted by molar-refractivity contribution is -0.190. The van der Waals surface area contributed by atoms with E-state index in [1.54, 1.807) is 18.3 Å². The number of ether oxygens (including phenoxy) is 1. The number of alkyl halides is 3. The highest BCUT2D eigenvalue weighted by Gasteiger charge is 2.62. The molecule has 44 heavy (non-hydrogen) atoms. The lowest BCUT2D eigenvalue weighted by atomic mass is 9.93. The molecule has 11 nitrogen and oxygen atoms in total. The van der Waals surface area contributed by atoms with Crippen LogP contribution >= 0.6 is 0 Å². The minimum absolute atomic E-state index is 0.0701. The van der Waals surface area contributed by atoms with E-state index in [1.165, 1.54) is 28.9 Å². The minimum atomic E-state index is -4.30. The average molecular weight is 634 g/mol. The number of halogens is 3. The van der Waals surface area contributed by atoms with Crippen LogP contribution in [0.2, 0.25) is 0 Å². The van der Waals surface area contributed by atoms with Crippen LogP contribution < -0.4 is 19.7 Å². The molecule has 3 aromatic rings. The summed E-state index contributed by atoms with van der Waals surface area (Å²) >= 11 is 0. The molecule has 0 aromatic carbocycles. The molecule has 1 saturated carbocycles. The first kappa shape index (κ1) is 30.2. The van der Waals surface area contributed by atoms with E-state index >= 15 is 0 Å². The van der Waals surface area contributed by atoms with Crippen LogP contribution in [0.4, 0.5) is 24.8 Å². The van der Waals surface area contributed by atoms with Gasteiger partial charge in [0.2, 0.25) is 5.88 Å². The van der Waals surface area contributed by atoms with Crippen LogP contribution in [-0.4, -0.2) is 65.5 Å². The fraction of sp³-hybridized carbons (Fsp3) is 0.517. The van der Waals surface area contributed by atoms with Crippen LogP contribution in [0.5, 0.6) is 5.88 Å². The average Bonchev–Trinajstić information content (AvgIpc) is 3.51. The van der Waals surface area contributed by atoms with Crippen LogP contribution in [0.3, 0.4) is 0 Å². The Kier molecular flexibility index (Phi) is 7.49. The second-order valence-corrected chi connectivity index (χ2v) is 14.0. The smallest absolute Gasteiger partial charge is 0.394 e. The Morgan fingerprint density at radius 1 is 1.11 bits per heavy atom. The number of fused-ring (bicyclic) bond motifs is 6. The second-order valence-electron chi connectivity index (χ2n) is 12.4. The molecule has 0 radical (unpaired) electrons. The van der Waals surface area contributed by atoms with Crippen molar-refractivity contribution in [3.63, 3.8) is 0 Å². The van der Waals surface area contributed by atoms with E-state index in [-0.39, 0.29) is 42.3 Å². The molecule has 3 aromatic heterocycles. The zero-order valence-electron chi connectivity index (χ0n) is 24.4. The number of aromatic nitrogens is 4. The Hall–Kier alpha value is -3.88. The summed E-state index contributed by atoms with van der Waals surface area (Å²) in [6.45, 7) is 5.21. The summed E-state index contributed by atoms with van der Waals surface area (Å²) in [5.41, 5.74) is -1.99. The fourth-order valence-corrected chi connectivity index (χ4v) is 7.03. The Balaban J connectivity index is 1.30. The van der Waals surface area contributed by atoms with Crippen molar-refractivity contribution in [1.82, 2.24) is 24.5 Å². The lowest BCUT2D eigenvalue weighted by Crippen LogP contribution is -2.41. The predicted molar refractivity (Wildman–Crippen MR) is 155 cm³/mol. The summed E-state index contributed by atoms with van der Waals surface area (Å²) in [7, 11) is -4.30. The number of amides is 1. The van der Waals surface area contributed by atoms with E-state index in [9.17, 15) is 26.4 Å². The third-order valence-electron chi connectivity index (χ3n) is 8.73. The number of anilines is 2. The topological polar surface area (TPSA) is 131 Å². The molecule has 5 heterocycles. The lowest BCUT2D eigenvalue weighted by Gasteiger charge is -2.34. The quantitative estimate of drug-likeness (QED) is 0.410. The van der Waals surface area contributed by atoms with Crippen molar-refractivity contribution in [2.75, 3.05) is 29.9 Å². The Bertz CT molecular complexity index is 1670. The van der Waals surface area contributed by atoms with Gasteiger partial charge in [-0.1, -0.05) is 6.07 Å². The van der Waals surface area contributed by atoms with E-state index in [2.05, 4.69) is 34.0 Å². The predicted octanol–water partition coefficient (Wildman–Crippen LogP) is 4.70. The van der Waals surface area contributed by atoms with Gasteiger partial charge in [0.1, 0.15) is 11.6 Å². The maximum absolute atomic E-state index is 13.5. The Morgan fingerprint density at radius 2 is 1.91 bits per heavy atom. The highest BCUT2D eigenvalue weighted by Crippen LogP contribution is 2.59. The molecule has 0 unspecified atom stereocenters. The van der Waals surface area contributed by atoms with Gasteiger partial charge in [-0.25, -0.2) is 19.4 Å². The van der Waals surface area contributed by atoms with Crippen molar-refractivity contribution >= 4 is 27.6 Å². The molecule has 0 spiro atoms. The number of carbonyl (C=O) groups is 1. The fourth-order valence-electron chi connectivity index (χ4n) is 6.09. The molecule has 2 fully saturated rings. The van der Waals surface area contributed by atoms with Gasteiger partial charge in [0.15, 0.2) is 10.8 Å². The first-order valence-electron chi connectivity index (χ1n) is 14.6.